The molecule has 3 aromatic rings. The Morgan fingerprint density at radius 3 is 2.88 bits per heavy atom. The lowest BCUT2D eigenvalue weighted by molar-refractivity contribution is 0.372. The molecule has 8 heteroatoms. The fourth-order valence-electron chi connectivity index (χ4n) is 3.43. The first kappa shape index (κ1) is 17.6. The molecule has 1 fully saturated rings. The number of nitrogens with two attached hydrogens (primary N) is 1. The summed E-state index contributed by atoms with van der Waals surface area (Å²) in [5.41, 5.74) is 7.73. The Morgan fingerprint density at radius 1 is 1.27 bits per heavy atom. The standard InChI is InChI=1S/C18H21ClN6S/c1-25(13-8-4-3-7-12(13)20)15-10-21-16-17(22-15)23-24-18(16)26-14-9-5-2-6-11(14)19/h2,5-6,9-10,12-13H,3-4,7-8,20H2,1H3,(H,22,23,24). The maximum Gasteiger partial charge on any atom is 0.177 e. The lowest BCUT2D eigenvalue weighted by Crippen LogP contribution is -2.48. The van der Waals surface area contributed by atoms with Gasteiger partial charge in [0.2, 0.25) is 0 Å². The number of benzene rings is 1. The molecule has 1 aliphatic rings. The number of nitrogens with zero attached hydrogens (tertiary/aromatic N) is 4. The summed E-state index contributed by atoms with van der Waals surface area (Å²) in [6.45, 7) is 0. The van der Waals surface area contributed by atoms with E-state index in [4.69, 9.17) is 22.3 Å². The highest BCUT2D eigenvalue weighted by Crippen LogP contribution is 2.35. The minimum atomic E-state index is 0.180. The number of hydrogen-bond acceptors (Lipinski definition) is 6. The van der Waals surface area contributed by atoms with Crippen molar-refractivity contribution in [3.63, 3.8) is 0 Å². The van der Waals surface area contributed by atoms with Gasteiger partial charge in [-0.2, -0.15) is 5.10 Å². The van der Waals surface area contributed by atoms with E-state index >= 15 is 0 Å². The van der Waals surface area contributed by atoms with Crippen LogP contribution in [-0.4, -0.2) is 39.3 Å². The van der Waals surface area contributed by atoms with Crippen LogP contribution in [-0.2, 0) is 0 Å². The van der Waals surface area contributed by atoms with Crippen molar-refractivity contribution in [1.82, 2.24) is 20.2 Å². The van der Waals surface area contributed by atoms with Gasteiger partial charge in [0, 0.05) is 24.0 Å². The van der Waals surface area contributed by atoms with Gasteiger partial charge in [-0.15, -0.1) is 0 Å². The summed E-state index contributed by atoms with van der Waals surface area (Å²) < 4.78 is 0. The predicted octanol–water partition coefficient (Wildman–Crippen LogP) is 3.86. The molecule has 0 radical (unpaired) electrons. The second-order valence-corrected chi connectivity index (χ2v) is 8.05. The molecule has 136 valence electrons. The van der Waals surface area contributed by atoms with E-state index in [9.17, 15) is 0 Å². The Labute approximate surface area is 161 Å². The van der Waals surface area contributed by atoms with Gasteiger partial charge < -0.3 is 10.6 Å². The average molecular weight is 389 g/mol. The zero-order chi connectivity index (χ0) is 18.1. The summed E-state index contributed by atoms with van der Waals surface area (Å²) in [4.78, 5) is 12.4. The van der Waals surface area contributed by atoms with Crippen molar-refractivity contribution in [2.75, 3.05) is 11.9 Å². The molecule has 1 saturated carbocycles. The molecular weight excluding hydrogens is 368 g/mol. The van der Waals surface area contributed by atoms with Gasteiger partial charge in [-0.05, 0) is 25.0 Å². The molecule has 1 aromatic carbocycles. The van der Waals surface area contributed by atoms with Crippen molar-refractivity contribution in [3.05, 3.63) is 35.5 Å². The number of fused-ring (bicyclic) bond motifs is 1. The number of likely N-dealkylation sites (N-methyl/N-ethyl adjacent to an activating group) is 1. The van der Waals surface area contributed by atoms with Crippen LogP contribution in [0.3, 0.4) is 0 Å². The normalized spacial score (nSPS) is 20.4. The molecule has 2 aromatic heterocycles. The van der Waals surface area contributed by atoms with Gasteiger partial charge >= 0.3 is 0 Å². The first-order chi connectivity index (χ1) is 12.6. The van der Waals surface area contributed by atoms with Gasteiger partial charge in [-0.3, -0.25) is 5.10 Å². The van der Waals surface area contributed by atoms with Crippen molar-refractivity contribution < 1.29 is 0 Å². The summed E-state index contributed by atoms with van der Waals surface area (Å²) in [5.74, 6) is 0.817. The first-order valence-electron chi connectivity index (χ1n) is 8.75. The van der Waals surface area contributed by atoms with Crippen molar-refractivity contribution in [1.29, 1.82) is 0 Å². The molecule has 0 spiro atoms. The monoisotopic (exact) mass is 388 g/mol. The lowest BCUT2D eigenvalue weighted by atomic mass is 9.90. The van der Waals surface area contributed by atoms with E-state index in [2.05, 4.69) is 20.1 Å². The fourth-order valence-corrected chi connectivity index (χ4v) is 4.54. The Kier molecular flexibility index (Phi) is 5.02. The third-order valence-electron chi connectivity index (χ3n) is 4.91. The smallest absolute Gasteiger partial charge is 0.177 e. The maximum absolute atomic E-state index is 6.31. The Balaban J connectivity index is 1.60. The molecule has 0 bridgehead atoms. The SMILES string of the molecule is CN(c1cnc2c(Sc3ccccc3Cl)n[nH]c2n1)C1CCCCC1N. The number of hydrogen-bond donors (Lipinski definition) is 2. The second kappa shape index (κ2) is 7.42. The van der Waals surface area contributed by atoms with Gasteiger partial charge in [0.1, 0.15) is 11.3 Å². The van der Waals surface area contributed by atoms with E-state index in [1.165, 1.54) is 24.6 Å². The summed E-state index contributed by atoms with van der Waals surface area (Å²) >= 11 is 7.73. The van der Waals surface area contributed by atoms with Crippen LogP contribution in [0.1, 0.15) is 25.7 Å². The molecule has 26 heavy (non-hydrogen) atoms. The van der Waals surface area contributed by atoms with Gasteiger partial charge in [-0.1, -0.05) is 48.3 Å². The first-order valence-corrected chi connectivity index (χ1v) is 9.95. The quantitative estimate of drug-likeness (QED) is 0.705. The summed E-state index contributed by atoms with van der Waals surface area (Å²) in [6.07, 6.45) is 6.37. The molecule has 1 aliphatic carbocycles. The van der Waals surface area contributed by atoms with Crippen molar-refractivity contribution >= 4 is 40.3 Å². The van der Waals surface area contributed by atoms with Crippen LogP contribution >= 0.6 is 23.4 Å². The topological polar surface area (TPSA) is 83.7 Å². The molecule has 2 atom stereocenters. The van der Waals surface area contributed by atoms with Gasteiger partial charge in [0.25, 0.3) is 0 Å². The minimum Gasteiger partial charge on any atom is -0.354 e. The van der Waals surface area contributed by atoms with Crippen LogP contribution in [0.4, 0.5) is 5.82 Å². The zero-order valence-electron chi connectivity index (χ0n) is 14.5. The number of halogens is 1. The number of anilines is 1. The van der Waals surface area contributed by atoms with E-state index in [0.717, 1.165) is 34.1 Å². The van der Waals surface area contributed by atoms with Gasteiger partial charge in [-0.25, -0.2) is 9.97 Å². The highest BCUT2D eigenvalue weighted by atomic mass is 35.5. The van der Waals surface area contributed by atoms with Crippen LogP contribution in [0, 0.1) is 0 Å². The van der Waals surface area contributed by atoms with E-state index in [0.29, 0.717) is 16.7 Å². The summed E-state index contributed by atoms with van der Waals surface area (Å²) in [5, 5.41) is 8.83. The van der Waals surface area contributed by atoms with Gasteiger partial charge in [0.15, 0.2) is 10.7 Å². The van der Waals surface area contributed by atoms with Gasteiger partial charge in [0.05, 0.1) is 11.2 Å². The van der Waals surface area contributed by atoms with Crippen LogP contribution < -0.4 is 10.6 Å². The average Bonchev–Trinajstić information content (AvgIpc) is 3.05. The molecule has 0 aliphatic heterocycles. The van der Waals surface area contributed by atoms with E-state index in [1.54, 1.807) is 6.20 Å². The molecule has 2 unspecified atom stereocenters. The van der Waals surface area contributed by atoms with Crippen LogP contribution in [0.5, 0.6) is 0 Å². The van der Waals surface area contributed by atoms with E-state index < -0.39 is 0 Å². The fraction of sp³-hybridized carbons (Fsp3) is 0.389. The predicted molar refractivity (Wildman–Crippen MR) is 106 cm³/mol. The largest absolute Gasteiger partial charge is 0.354 e. The molecule has 3 N–H and O–H groups in total. The molecule has 2 heterocycles. The summed E-state index contributed by atoms with van der Waals surface area (Å²) in [7, 11) is 2.04. The number of aromatic nitrogens is 4. The zero-order valence-corrected chi connectivity index (χ0v) is 16.1. The third kappa shape index (κ3) is 3.39. The van der Waals surface area contributed by atoms with Crippen LogP contribution in [0.15, 0.2) is 40.4 Å². The third-order valence-corrected chi connectivity index (χ3v) is 6.40. The van der Waals surface area contributed by atoms with Crippen molar-refractivity contribution in [3.8, 4) is 0 Å². The minimum absolute atomic E-state index is 0.180. The number of rotatable bonds is 4. The molecule has 0 amide bonds. The van der Waals surface area contributed by atoms with Crippen LogP contribution in [0.2, 0.25) is 5.02 Å². The van der Waals surface area contributed by atoms with Crippen molar-refractivity contribution in [2.45, 2.75) is 47.7 Å². The number of aromatic amines is 1. The lowest BCUT2D eigenvalue weighted by Gasteiger charge is -2.36. The van der Waals surface area contributed by atoms with Crippen LogP contribution in [0.25, 0.3) is 11.2 Å². The second-order valence-electron chi connectivity index (χ2n) is 6.61. The summed E-state index contributed by atoms with van der Waals surface area (Å²) in [6, 6.07) is 8.18. The molecule has 0 saturated heterocycles. The molecular formula is C18H21ClN6S. The Hall–Kier alpha value is -1.83. The number of H-pyrrole nitrogens is 1. The molecule has 4 rings (SSSR count). The van der Waals surface area contributed by atoms with E-state index in [-0.39, 0.29) is 6.04 Å². The highest BCUT2D eigenvalue weighted by Gasteiger charge is 2.27. The Bertz CT molecular complexity index is 914. The maximum atomic E-state index is 6.31. The van der Waals surface area contributed by atoms with Crippen molar-refractivity contribution in [2.24, 2.45) is 5.73 Å². The number of nitrogens with one attached hydrogen (secondary N) is 1. The molecule has 6 nitrogen and oxygen atoms in total. The highest BCUT2D eigenvalue weighted by molar-refractivity contribution is 7.99. The van der Waals surface area contributed by atoms with E-state index in [1.807, 2.05) is 31.3 Å². The Morgan fingerprint density at radius 2 is 2.08 bits per heavy atom.